The third kappa shape index (κ3) is 4.28. The van der Waals surface area contributed by atoms with Crippen LogP contribution >= 0.6 is 11.6 Å². The number of benzene rings is 2. The Hall–Kier alpha value is -2.86. The number of nitrogens with one attached hydrogen (secondary N) is 1. The summed E-state index contributed by atoms with van der Waals surface area (Å²) in [6.45, 7) is 5.86. The van der Waals surface area contributed by atoms with Crippen molar-refractivity contribution >= 4 is 23.2 Å². The SMILES string of the molecule is Cc1ccc(Cn2c(Nc3cccc(Cl)c3)nc(=O)n(C(C)C)c2=O)cc1. The lowest BCUT2D eigenvalue weighted by atomic mass is 10.1. The minimum Gasteiger partial charge on any atom is -0.325 e. The number of aryl methyl sites for hydroxylation is 1. The van der Waals surface area contributed by atoms with Crippen molar-refractivity contribution in [1.29, 1.82) is 0 Å². The first-order chi connectivity index (χ1) is 12.8. The predicted molar refractivity (Wildman–Crippen MR) is 108 cm³/mol. The monoisotopic (exact) mass is 384 g/mol. The van der Waals surface area contributed by atoms with Gasteiger partial charge in [-0.2, -0.15) is 4.98 Å². The van der Waals surface area contributed by atoms with Gasteiger partial charge >= 0.3 is 11.4 Å². The van der Waals surface area contributed by atoms with Gasteiger partial charge in [-0.15, -0.1) is 0 Å². The maximum atomic E-state index is 13.0. The van der Waals surface area contributed by atoms with Crippen LogP contribution < -0.4 is 16.7 Å². The molecule has 0 fully saturated rings. The van der Waals surface area contributed by atoms with E-state index in [0.717, 1.165) is 15.7 Å². The fourth-order valence-electron chi connectivity index (χ4n) is 2.76. The number of halogens is 1. The summed E-state index contributed by atoms with van der Waals surface area (Å²) in [5.41, 5.74) is 1.73. The third-order valence-corrected chi connectivity index (χ3v) is 4.39. The van der Waals surface area contributed by atoms with Crippen LogP contribution in [0.5, 0.6) is 0 Å². The Morgan fingerprint density at radius 2 is 1.81 bits per heavy atom. The molecule has 0 aliphatic carbocycles. The first kappa shape index (κ1) is 18.9. The fraction of sp³-hybridized carbons (Fsp3) is 0.250. The molecule has 1 aromatic heterocycles. The molecule has 0 saturated heterocycles. The Morgan fingerprint density at radius 1 is 1.11 bits per heavy atom. The molecule has 0 spiro atoms. The van der Waals surface area contributed by atoms with Gasteiger partial charge in [0, 0.05) is 16.8 Å². The zero-order valence-corrected chi connectivity index (χ0v) is 16.2. The van der Waals surface area contributed by atoms with Crippen LogP contribution in [0.2, 0.25) is 5.02 Å². The minimum absolute atomic E-state index is 0.185. The summed E-state index contributed by atoms with van der Waals surface area (Å²) in [6, 6.07) is 14.6. The predicted octanol–water partition coefficient (Wildman–Crippen LogP) is 3.74. The van der Waals surface area contributed by atoms with Crippen molar-refractivity contribution < 1.29 is 0 Å². The molecule has 0 unspecified atom stereocenters. The molecule has 0 bridgehead atoms. The Labute approximate surface area is 162 Å². The molecule has 0 atom stereocenters. The maximum Gasteiger partial charge on any atom is 0.355 e. The van der Waals surface area contributed by atoms with Crippen LogP contribution in [0.3, 0.4) is 0 Å². The standard InChI is InChI=1S/C20H21ClN4O2/c1-13(2)25-19(26)23-18(22-17-6-4-5-16(21)11-17)24(20(25)27)12-15-9-7-14(3)8-10-15/h4-11,13H,12H2,1-3H3,(H,22,23,26). The molecule has 3 rings (SSSR count). The Bertz CT molecular complexity index is 1070. The molecule has 1 heterocycles. The van der Waals surface area contributed by atoms with E-state index >= 15 is 0 Å². The number of aromatic nitrogens is 3. The molecular weight excluding hydrogens is 364 g/mol. The van der Waals surface area contributed by atoms with Gasteiger partial charge in [-0.1, -0.05) is 47.5 Å². The second kappa shape index (κ2) is 7.80. The van der Waals surface area contributed by atoms with Crippen LogP contribution in [-0.2, 0) is 6.54 Å². The summed E-state index contributed by atoms with van der Waals surface area (Å²) in [6.07, 6.45) is 0. The minimum atomic E-state index is -0.584. The van der Waals surface area contributed by atoms with Gasteiger partial charge < -0.3 is 5.32 Å². The highest BCUT2D eigenvalue weighted by Crippen LogP contribution is 2.18. The normalized spacial score (nSPS) is 11.0. The molecule has 0 radical (unpaired) electrons. The van der Waals surface area contributed by atoms with Crippen LogP contribution in [0.15, 0.2) is 58.1 Å². The molecule has 0 aliphatic rings. The van der Waals surface area contributed by atoms with Gasteiger partial charge in [0.1, 0.15) is 0 Å². The third-order valence-electron chi connectivity index (χ3n) is 4.16. The van der Waals surface area contributed by atoms with E-state index < -0.39 is 11.4 Å². The van der Waals surface area contributed by atoms with Gasteiger partial charge in [0.2, 0.25) is 5.95 Å². The quantitative estimate of drug-likeness (QED) is 0.727. The number of hydrogen-bond acceptors (Lipinski definition) is 4. The van der Waals surface area contributed by atoms with Gasteiger partial charge in [-0.25, -0.2) is 14.2 Å². The Kier molecular flexibility index (Phi) is 5.46. The summed E-state index contributed by atoms with van der Waals surface area (Å²) in [4.78, 5) is 29.5. The van der Waals surface area contributed by atoms with E-state index in [1.165, 1.54) is 4.57 Å². The second-order valence-electron chi connectivity index (χ2n) is 6.67. The molecule has 2 aromatic carbocycles. The van der Waals surface area contributed by atoms with Gasteiger partial charge in [-0.3, -0.25) is 4.57 Å². The van der Waals surface area contributed by atoms with E-state index in [1.807, 2.05) is 31.2 Å². The number of rotatable bonds is 5. The first-order valence-electron chi connectivity index (χ1n) is 8.66. The van der Waals surface area contributed by atoms with Crippen molar-refractivity contribution in [2.75, 3.05) is 5.32 Å². The molecule has 27 heavy (non-hydrogen) atoms. The van der Waals surface area contributed by atoms with Gasteiger partial charge in [0.15, 0.2) is 0 Å². The highest BCUT2D eigenvalue weighted by molar-refractivity contribution is 6.30. The van der Waals surface area contributed by atoms with E-state index in [4.69, 9.17) is 11.6 Å². The summed E-state index contributed by atoms with van der Waals surface area (Å²) >= 11 is 6.03. The fourth-order valence-corrected chi connectivity index (χ4v) is 2.95. The molecule has 1 N–H and O–H groups in total. The van der Waals surface area contributed by atoms with Gasteiger partial charge in [0.05, 0.1) is 6.54 Å². The van der Waals surface area contributed by atoms with Crippen LogP contribution in [-0.4, -0.2) is 14.1 Å². The Balaban J connectivity index is 2.11. The average molecular weight is 385 g/mol. The second-order valence-corrected chi connectivity index (χ2v) is 7.11. The van der Waals surface area contributed by atoms with Crippen molar-refractivity contribution in [3.05, 3.63) is 85.6 Å². The first-order valence-corrected chi connectivity index (χ1v) is 9.04. The number of nitrogens with zero attached hydrogens (tertiary/aromatic N) is 3. The van der Waals surface area contributed by atoms with Crippen LogP contribution in [0.4, 0.5) is 11.6 Å². The van der Waals surface area contributed by atoms with Gasteiger partial charge in [-0.05, 0) is 44.5 Å². The largest absolute Gasteiger partial charge is 0.355 e. The number of anilines is 2. The molecule has 0 aliphatic heterocycles. The zero-order chi connectivity index (χ0) is 19.6. The molecule has 6 nitrogen and oxygen atoms in total. The van der Waals surface area contributed by atoms with Crippen LogP contribution in [0, 0.1) is 6.92 Å². The summed E-state index contributed by atoms with van der Waals surface area (Å²) in [7, 11) is 0. The highest BCUT2D eigenvalue weighted by Gasteiger charge is 2.16. The summed E-state index contributed by atoms with van der Waals surface area (Å²) in [5, 5.41) is 3.59. The summed E-state index contributed by atoms with van der Waals surface area (Å²) in [5.74, 6) is 0.185. The Morgan fingerprint density at radius 3 is 2.44 bits per heavy atom. The van der Waals surface area contributed by atoms with Crippen molar-refractivity contribution in [1.82, 2.24) is 14.1 Å². The van der Waals surface area contributed by atoms with Crippen molar-refractivity contribution in [3.8, 4) is 0 Å². The lowest BCUT2D eigenvalue weighted by Gasteiger charge is -2.17. The van der Waals surface area contributed by atoms with E-state index in [-0.39, 0.29) is 12.0 Å². The highest BCUT2D eigenvalue weighted by atomic mass is 35.5. The summed E-state index contributed by atoms with van der Waals surface area (Å²) < 4.78 is 2.62. The van der Waals surface area contributed by atoms with Crippen molar-refractivity contribution in [2.45, 2.75) is 33.4 Å². The molecule has 7 heteroatoms. The van der Waals surface area contributed by atoms with E-state index in [9.17, 15) is 9.59 Å². The molecule has 0 saturated carbocycles. The van der Waals surface area contributed by atoms with Crippen LogP contribution in [0.25, 0.3) is 0 Å². The molecule has 3 aromatic rings. The number of hydrogen-bond donors (Lipinski definition) is 1. The maximum absolute atomic E-state index is 13.0. The topological polar surface area (TPSA) is 68.9 Å². The smallest absolute Gasteiger partial charge is 0.325 e. The molecule has 0 amide bonds. The average Bonchev–Trinajstić information content (AvgIpc) is 2.59. The molecule has 140 valence electrons. The van der Waals surface area contributed by atoms with Crippen LogP contribution in [0.1, 0.15) is 31.0 Å². The zero-order valence-electron chi connectivity index (χ0n) is 15.4. The van der Waals surface area contributed by atoms with E-state index in [2.05, 4.69) is 10.3 Å². The molecular formula is C20H21ClN4O2. The lowest BCUT2D eigenvalue weighted by molar-refractivity contribution is 0.497. The van der Waals surface area contributed by atoms with Crippen molar-refractivity contribution in [3.63, 3.8) is 0 Å². The van der Waals surface area contributed by atoms with Crippen molar-refractivity contribution in [2.24, 2.45) is 0 Å². The van der Waals surface area contributed by atoms with Gasteiger partial charge in [0.25, 0.3) is 0 Å². The van der Waals surface area contributed by atoms with E-state index in [0.29, 0.717) is 17.3 Å². The lowest BCUT2D eigenvalue weighted by Crippen LogP contribution is -2.43. The van der Waals surface area contributed by atoms with E-state index in [1.54, 1.807) is 38.1 Å².